The molecule has 0 atom stereocenters. The Kier molecular flexibility index (Phi) is 1.81. The number of fused-ring (bicyclic) bond motifs is 1. The van der Waals surface area contributed by atoms with Crippen LogP contribution in [-0.2, 0) is 0 Å². The van der Waals surface area contributed by atoms with Crippen molar-refractivity contribution in [2.24, 2.45) is 5.16 Å². The Bertz CT molecular complexity index is 469. The second-order valence-electron chi connectivity index (χ2n) is 2.82. The van der Waals surface area contributed by atoms with Crippen molar-refractivity contribution >= 4 is 22.5 Å². The smallest absolute Gasteiger partial charge is 0.194 e. The van der Waals surface area contributed by atoms with E-state index in [9.17, 15) is 0 Å². The second-order valence-corrected chi connectivity index (χ2v) is 3.66. The van der Waals surface area contributed by atoms with E-state index in [-0.39, 0.29) is 0 Å². The molecular weight excluding hydrogens is 186 g/mol. The van der Waals surface area contributed by atoms with Crippen molar-refractivity contribution in [3.63, 3.8) is 0 Å². The van der Waals surface area contributed by atoms with Gasteiger partial charge in [-0.2, -0.15) is 0 Å². The van der Waals surface area contributed by atoms with Gasteiger partial charge in [0.15, 0.2) is 4.96 Å². The van der Waals surface area contributed by atoms with Crippen LogP contribution in [-0.4, -0.2) is 20.8 Å². The van der Waals surface area contributed by atoms with E-state index in [4.69, 9.17) is 5.21 Å². The van der Waals surface area contributed by atoms with E-state index >= 15 is 0 Å². The largest absolute Gasteiger partial charge is 0.411 e. The Balaban J connectivity index is 2.81. The third-order valence-corrected chi connectivity index (χ3v) is 2.88. The van der Waals surface area contributed by atoms with E-state index < -0.39 is 0 Å². The van der Waals surface area contributed by atoms with Gasteiger partial charge in [-0.3, -0.25) is 4.40 Å². The van der Waals surface area contributed by atoms with Crippen LogP contribution in [0.15, 0.2) is 10.5 Å². The third-order valence-electron chi connectivity index (χ3n) is 1.93. The van der Waals surface area contributed by atoms with Crippen molar-refractivity contribution < 1.29 is 5.21 Å². The van der Waals surface area contributed by atoms with Crippen molar-refractivity contribution in [1.29, 1.82) is 0 Å². The number of thiazole rings is 1. The quantitative estimate of drug-likeness (QED) is 0.428. The lowest BCUT2D eigenvalue weighted by atomic mass is 10.3. The topological polar surface area (TPSA) is 49.9 Å². The summed E-state index contributed by atoms with van der Waals surface area (Å²) in [4.78, 5) is 5.27. The van der Waals surface area contributed by atoms with Crippen LogP contribution in [0.2, 0.25) is 0 Å². The van der Waals surface area contributed by atoms with Crippen LogP contribution >= 0.6 is 11.3 Å². The van der Waals surface area contributed by atoms with Crippen molar-refractivity contribution in [2.45, 2.75) is 13.8 Å². The minimum absolute atomic E-state index is 0.844. The Labute approximate surface area is 79.1 Å². The lowest BCUT2D eigenvalue weighted by Crippen LogP contribution is -1.93. The van der Waals surface area contributed by atoms with E-state index in [2.05, 4.69) is 10.1 Å². The summed E-state index contributed by atoms with van der Waals surface area (Å²) in [7, 11) is 0. The van der Waals surface area contributed by atoms with Gasteiger partial charge in [-0.15, -0.1) is 11.3 Å². The Hall–Kier alpha value is -1.36. The fourth-order valence-corrected chi connectivity index (χ4v) is 2.25. The number of rotatable bonds is 1. The molecule has 0 bridgehead atoms. The van der Waals surface area contributed by atoms with Crippen molar-refractivity contribution in [2.75, 3.05) is 0 Å². The van der Waals surface area contributed by atoms with E-state index in [1.54, 1.807) is 11.3 Å². The molecule has 5 heteroatoms. The highest BCUT2D eigenvalue weighted by molar-refractivity contribution is 7.15. The molecule has 2 aromatic rings. The van der Waals surface area contributed by atoms with Crippen LogP contribution in [0, 0.1) is 13.8 Å². The molecule has 0 amide bonds. The molecule has 0 fully saturated rings. The second kappa shape index (κ2) is 2.85. The maximum Gasteiger partial charge on any atom is 0.194 e. The monoisotopic (exact) mass is 195 g/mol. The van der Waals surface area contributed by atoms with E-state index in [0.717, 1.165) is 22.0 Å². The maximum absolute atomic E-state index is 8.48. The average molecular weight is 195 g/mol. The molecule has 4 nitrogen and oxygen atoms in total. The molecule has 1 N–H and O–H groups in total. The van der Waals surface area contributed by atoms with Gasteiger partial charge in [-0.1, -0.05) is 5.16 Å². The van der Waals surface area contributed by atoms with Gasteiger partial charge in [0.05, 0.1) is 17.6 Å². The number of oxime groups is 1. The standard InChI is InChI=1S/C8H9N3OS/c1-5-4-13-8-10-6(2)7(3-9-12)11(5)8/h3-4,12H,1-2H3. The van der Waals surface area contributed by atoms with Gasteiger partial charge >= 0.3 is 0 Å². The molecular formula is C8H9N3OS. The summed E-state index contributed by atoms with van der Waals surface area (Å²) in [5.41, 5.74) is 2.83. The molecule has 0 unspecified atom stereocenters. The van der Waals surface area contributed by atoms with Crippen LogP contribution in [0.1, 0.15) is 17.1 Å². The van der Waals surface area contributed by atoms with Gasteiger partial charge in [0.25, 0.3) is 0 Å². The molecule has 0 radical (unpaired) electrons. The van der Waals surface area contributed by atoms with Gasteiger partial charge in [0, 0.05) is 11.1 Å². The minimum atomic E-state index is 0.844. The summed E-state index contributed by atoms with van der Waals surface area (Å²) in [5.74, 6) is 0. The van der Waals surface area contributed by atoms with Crippen LogP contribution < -0.4 is 0 Å². The SMILES string of the molecule is Cc1nc2scc(C)n2c1C=NO. The number of hydrogen-bond acceptors (Lipinski definition) is 4. The molecule has 0 aliphatic carbocycles. The summed E-state index contributed by atoms with van der Waals surface area (Å²) in [5, 5.41) is 13.5. The van der Waals surface area contributed by atoms with Gasteiger partial charge in [0.2, 0.25) is 0 Å². The summed E-state index contributed by atoms with van der Waals surface area (Å²) in [6, 6.07) is 0. The van der Waals surface area contributed by atoms with E-state index in [1.165, 1.54) is 6.21 Å². The number of aryl methyl sites for hydroxylation is 2. The number of imidazole rings is 1. The van der Waals surface area contributed by atoms with Crippen LogP contribution in [0.5, 0.6) is 0 Å². The lowest BCUT2D eigenvalue weighted by Gasteiger charge is -1.93. The first kappa shape index (κ1) is 8.25. The molecule has 0 spiro atoms. The first-order valence-electron chi connectivity index (χ1n) is 3.84. The first-order valence-corrected chi connectivity index (χ1v) is 4.72. The predicted molar refractivity (Wildman–Crippen MR) is 51.9 cm³/mol. The molecule has 2 rings (SSSR count). The first-order chi connectivity index (χ1) is 6.24. The molecule has 0 aromatic carbocycles. The normalized spacial score (nSPS) is 11.8. The van der Waals surface area contributed by atoms with Gasteiger partial charge in [-0.05, 0) is 13.8 Å². The molecule has 2 heterocycles. The predicted octanol–water partition coefficient (Wildman–Crippen LogP) is 1.82. The summed E-state index contributed by atoms with van der Waals surface area (Å²) >= 11 is 1.58. The Morgan fingerprint density at radius 2 is 2.38 bits per heavy atom. The average Bonchev–Trinajstić information content (AvgIpc) is 2.57. The van der Waals surface area contributed by atoms with E-state index in [1.807, 2.05) is 23.6 Å². The highest BCUT2D eigenvalue weighted by Gasteiger charge is 2.09. The zero-order valence-electron chi connectivity index (χ0n) is 7.35. The maximum atomic E-state index is 8.48. The lowest BCUT2D eigenvalue weighted by molar-refractivity contribution is 0.321. The number of aromatic nitrogens is 2. The molecule has 2 aromatic heterocycles. The molecule has 0 aliphatic heterocycles. The summed E-state index contributed by atoms with van der Waals surface area (Å²) in [6.07, 6.45) is 1.41. The molecule has 0 aliphatic rings. The van der Waals surface area contributed by atoms with Gasteiger partial charge in [0.1, 0.15) is 0 Å². The fraction of sp³-hybridized carbons (Fsp3) is 0.250. The molecule has 13 heavy (non-hydrogen) atoms. The Morgan fingerprint density at radius 3 is 3.08 bits per heavy atom. The van der Waals surface area contributed by atoms with Crippen molar-refractivity contribution in [1.82, 2.24) is 9.38 Å². The van der Waals surface area contributed by atoms with Crippen LogP contribution in [0.4, 0.5) is 0 Å². The highest BCUT2D eigenvalue weighted by atomic mass is 32.1. The van der Waals surface area contributed by atoms with Crippen LogP contribution in [0.25, 0.3) is 4.96 Å². The third kappa shape index (κ3) is 1.12. The summed E-state index contributed by atoms with van der Waals surface area (Å²) in [6.45, 7) is 3.90. The van der Waals surface area contributed by atoms with Crippen molar-refractivity contribution in [3.05, 3.63) is 22.5 Å². The highest BCUT2D eigenvalue weighted by Crippen LogP contribution is 2.18. The number of hydrogen-bond donors (Lipinski definition) is 1. The molecule has 0 saturated heterocycles. The Morgan fingerprint density at radius 1 is 1.62 bits per heavy atom. The summed E-state index contributed by atoms with van der Waals surface area (Å²) < 4.78 is 1.97. The zero-order valence-corrected chi connectivity index (χ0v) is 8.17. The molecule has 0 saturated carbocycles. The number of nitrogens with zero attached hydrogens (tertiary/aromatic N) is 3. The fourth-order valence-electron chi connectivity index (χ4n) is 1.33. The van der Waals surface area contributed by atoms with Gasteiger partial charge < -0.3 is 5.21 Å². The van der Waals surface area contributed by atoms with Crippen LogP contribution in [0.3, 0.4) is 0 Å². The van der Waals surface area contributed by atoms with Gasteiger partial charge in [-0.25, -0.2) is 4.98 Å². The molecule has 68 valence electrons. The van der Waals surface area contributed by atoms with E-state index in [0.29, 0.717) is 0 Å². The zero-order chi connectivity index (χ0) is 9.42. The minimum Gasteiger partial charge on any atom is -0.411 e. The van der Waals surface area contributed by atoms with Crippen molar-refractivity contribution in [3.8, 4) is 0 Å².